The highest BCUT2D eigenvalue weighted by molar-refractivity contribution is 6.17. The van der Waals surface area contributed by atoms with Crippen LogP contribution in [0.15, 0.2) is 6.07 Å². The topological polar surface area (TPSA) is 45.9 Å². The second kappa shape index (κ2) is 4.89. The zero-order chi connectivity index (χ0) is 11.4. The Hall–Kier alpha value is -1.41. The molecule has 0 N–H and O–H groups in total. The normalized spacial score (nSPS) is 10.1. The number of aromatic nitrogens is 1. The molecule has 80 valence electrons. The van der Waals surface area contributed by atoms with Gasteiger partial charge in [-0.25, -0.2) is 13.8 Å². The summed E-state index contributed by atoms with van der Waals surface area (Å²) in [6.07, 6.45) is -2.82. The fraction of sp³-hybridized carbons (Fsp3) is 0.333. The summed E-state index contributed by atoms with van der Waals surface area (Å²) in [6.45, 7) is 0. The minimum Gasteiger partial charge on any atom is -0.481 e. The van der Waals surface area contributed by atoms with Crippen molar-refractivity contribution in [3.63, 3.8) is 0 Å². The summed E-state index contributed by atoms with van der Waals surface area (Å²) in [5.41, 5.74) is -0.477. The number of hydrogen-bond donors (Lipinski definition) is 0. The molecule has 0 unspecified atom stereocenters. The highest BCUT2D eigenvalue weighted by Gasteiger charge is 2.19. The third-order valence-corrected chi connectivity index (χ3v) is 2.07. The molecular weight excluding hydrogens is 226 g/mol. The molecule has 0 atom stereocenters. The average molecular weight is 233 g/mol. The van der Waals surface area contributed by atoms with Gasteiger partial charge < -0.3 is 4.74 Å². The number of nitriles is 1. The van der Waals surface area contributed by atoms with Gasteiger partial charge in [0.15, 0.2) is 0 Å². The van der Waals surface area contributed by atoms with Gasteiger partial charge in [0.25, 0.3) is 6.43 Å². The first-order valence-corrected chi connectivity index (χ1v) is 4.49. The molecule has 0 aromatic carbocycles. The van der Waals surface area contributed by atoms with Gasteiger partial charge in [-0.2, -0.15) is 5.26 Å². The summed E-state index contributed by atoms with van der Waals surface area (Å²) >= 11 is 5.54. The van der Waals surface area contributed by atoms with Gasteiger partial charge in [0.1, 0.15) is 11.8 Å². The first-order chi connectivity index (χ1) is 7.13. The lowest BCUT2D eigenvalue weighted by atomic mass is 10.1. The van der Waals surface area contributed by atoms with Crippen LogP contribution in [-0.2, 0) is 5.88 Å². The molecule has 15 heavy (non-hydrogen) atoms. The Labute approximate surface area is 90.3 Å². The minimum absolute atomic E-state index is 0.0277. The van der Waals surface area contributed by atoms with Crippen molar-refractivity contribution >= 4 is 11.6 Å². The van der Waals surface area contributed by atoms with Crippen molar-refractivity contribution in [1.82, 2.24) is 4.98 Å². The predicted octanol–water partition coefficient (Wildman–Crippen LogP) is 2.64. The Morgan fingerprint density at radius 3 is 2.73 bits per heavy atom. The number of pyridine rings is 1. The van der Waals surface area contributed by atoms with Crippen LogP contribution in [0.4, 0.5) is 8.78 Å². The van der Waals surface area contributed by atoms with Gasteiger partial charge in [0.2, 0.25) is 5.88 Å². The molecule has 0 spiro atoms. The lowest BCUT2D eigenvalue weighted by molar-refractivity contribution is 0.144. The van der Waals surface area contributed by atoms with E-state index in [0.717, 1.165) is 0 Å². The van der Waals surface area contributed by atoms with Crippen molar-refractivity contribution in [2.24, 2.45) is 0 Å². The van der Waals surface area contributed by atoms with Gasteiger partial charge >= 0.3 is 0 Å². The number of methoxy groups -OCH3 is 1. The van der Waals surface area contributed by atoms with E-state index in [-0.39, 0.29) is 17.3 Å². The first kappa shape index (κ1) is 11.7. The molecule has 0 amide bonds. The van der Waals surface area contributed by atoms with Crippen molar-refractivity contribution in [3.8, 4) is 11.9 Å². The lowest BCUT2D eigenvalue weighted by Gasteiger charge is -2.08. The molecule has 0 fully saturated rings. The molecule has 1 aromatic rings. The second-order valence-electron chi connectivity index (χ2n) is 2.63. The Morgan fingerprint density at radius 1 is 1.67 bits per heavy atom. The Balaban J connectivity index is 3.41. The molecule has 1 rings (SSSR count). The summed E-state index contributed by atoms with van der Waals surface area (Å²) in [7, 11) is 1.31. The number of rotatable bonds is 3. The number of hydrogen-bond acceptors (Lipinski definition) is 3. The molecule has 0 bridgehead atoms. The van der Waals surface area contributed by atoms with Crippen molar-refractivity contribution in [3.05, 3.63) is 22.9 Å². The fourth-order valence-electron chi connectivity index (χ4n) is 1.09. The molecule has 0 aliphatic heterocycles. The van der Waals surface area contributed by atoms with Crippen molar-refractivity contribution in [2.45, 2.75) is 12.3 Å². The van der Waals surface area contributed by atoms with E-state index < -0.39 is 12.1 Å². The lowest BCUT2D eigenvalue weighted by Crippen LogP contribution is -2.02. The number of halogens is 3. The van der Waals surface area contributed by atoms with E-state index in [1.807, 2.05) is 0 Å². The molecule has 6 heteroatoms. The van der Waals surface area contributed by atoms with Crippen molar-refractivity contribution < 1.29 is 13.5 Å². The number of nitrogens with zero attached hydrogens (tertiary/aromatic N) is 2. The summed E-state index contributed by atoms with van der Waals surface area (Å²) in [5.74, 6) is -0.0125. The van der Waals surface area contributed by atoms with E-state index in [1.165, 1.54) is 13.2 Å². The van der Waals surface area contributed by atoms with Crippen LogP contribution >= 0.6 is 11.6 Å². The molecular formula is C9H7ClF2N2O. The van der Waals surface area contributed by atoms with E-state index in [4.69, 9.17) is 21.6 Å². The van der Waals surface area contributed by atoms with Gasteiger partial charge in [0.05, 0.1) is 12.7 Å². The van der Waals surface area contributed by atoms with Crippen molar-refractivity contribution in [2.75, 3.05) is 7.11 Å². The third-order valence-electron chi connectivity index (χ3n) is 1.78. The standard InChI is InChI=1S/C9H7ClF2N2O/c1-15-7-2-5(3-10)6(4-13)8(14-7)9(11)12/h2,9H,3H2,1H3. The van der Waals surface area contributed by atoms with Gasteiger partial charge in [-0.1, -0.05) is 0 Å². The third kappa shape index (κ3) is 2.34. The van der Waals surface area contributed by atoms with Crippen LogP contribution in [0.2, 0.25) is 0 Å². The highest BCUT2D eigenvalue weighted by Crippen LogP contribution is 2.27. The molecule has 0 radical (unpaired) electrons. The smallest absolute Gasteiger partial charge is 0.281 e. The molecule has 0 aliphatic rings. The molecule has 0 aliphatic carbocycles. The number of alkyl halides is 3. The zero-order valence-electron chi connectivity index (χ0n) is 7.80. The van der Waals surface area contributed by atoms with Crippen LogP contribution < -0.4 is 4.74 Å². The molecule has 0 saturated carbocycles. The van der Waals surface area contributed by atoms with Gasteiger partial charge in [-0.05, 0) is 5.56 Å². The summed E-state index contributed by atoms with van der Waals surface area (Å²) < 4.78 is 29.8. The van der Waals surface area contributed by atoms with Crippen LogP contribution in [0.25, 0.3) is 0 Å². The van der Waals surface area contributed by atoms with E-state index >= 15 is 0 Å². The second-order valence-corrected chi connectivity index (χ2v) is 2.90. The Kier molecular flexibility index (Phi) is 3.81. The van der Waals surface area contributed by atoms with Gasteiger partial charge in [0, 0.05) is 11.9 Å². The van der Waals surface area contributed by atoms with Crippen LogP contribution in [-0.4, -0.2) is 12.1 Å². The fourth-order valence-corrected chi connectivity index (χ4v) is 1.30. The highest BCUT2D eigenvalue weighted by atomic mass is 35.5. The Morgan fingerprint density at radius 2 is 2.33 bits per heavy atom. The SMILES string of the molecule is COc1cc(CCl)c(C#N)c(C(F)F)n1. The van der Waals surface area contributed by atoms with E-state index in [1.54, 1.807) is 6.07 Å². The first-order valence-electron chi connectivity index (χ1n) is 3.96. The summed E-state index contributed by atoms with van der Waals surface area (Å²) in [6, 6.07) is 3.04. The molecule has 0 saturated heterocycles. The van der Waals surface area contributed by atoms with Crippen LogP contribution in [0, 0.1) is 11.3 Å². The molecule has 3 nitrogen and oxygen atoms in total. The minimum atomic E-state index is -2.82. The largest absolute Gasteiger partial charge is 0.481 e. The predicted molar refractivity (Wildman–Crippen MR) is 50.0 cm³/mol. The maximum Gasteiger partial charge on any atom is 0.281 e. The zero-order valence-corrected chi connectivity index (χ0v) is 8.55. The summed E-state index contributed by atoms with van der Waals surface area (Å²) in [4.78, 5) is 3.52. The van der Waals surface area contributed by atoms with Crippen LogP contribution in [0.5, 0.6) is 5.88 Å². The van der Waals surface area contributed by atoms with Gasteiger partial charge in [-0.15, -0.1) is 11.6 Å². The molecule has 1 heterocycles. The van der Waals surface area contributed by atoms with Crippen LogP contribution in [0.1, 0.15) is 23.2 Å². The van der Waals surface area contributed by atoms with E-state index in [2.05, 4.69) is 4.98 Å². The van der Waals surface area contributed by atoms with E-state index in [9.17, 15) is 8.78 Å². The Bertz CT molecular complexity index is 404. The van der Waals surface area contributed by atoms with Crippen molar-refractivity contribution in [1.29, 1.82) is 5.26 Å². The maximum atomic E-state index is 12.5. The summed E-state index contributed by atoms with van der Waals surface area (Å²) in [5, 5.41) is 8.72. The van der Waals surface area contributed by atoms with Gasteiger partial charge in [-0.3, -0.25) is 0 Å². The maximum absolute atomic E-state index is 12.5. The van der Waals surface area contributed by atoms with Crippen LogP contribution in [0.3, 0.4) is 0 Å². The van der Waals surface area contributed by atoms with E-state index in [0.29, 0.717) is 5.56 Å². The average Bonchev–Trinajstić information content (AvgIpc) is 2.26. The quantitative estimate of drug-likeness (QED) is 0.753. The monoisotopic (exact) mass is 232 g/mol. The number of ether oxygens (including phenoxy) is 1. The molecule has 1 aromatic heterocycles.